The van der Waals surface area contributed by atoms with Gasteiger partial charge in [-0.15, -0.1) is 0 Å². The monoisotopic (exact) mass is 594 g/mol. The van der Waals surface area contributed by atoms with Crippen LogP contribution in [0.3, 0.4) is 0 Å². The minimum atomic E-state index is -1.39. The van der Waals surface area contributed by atoms with Crippen LogP contribution in [0.15, 0.2) is 91.0 Å². The number of rotatable bonds is 6. The molecular weight excluding hydrogens is 570 g/mol. The zero-order valence-electron chi connectivity index (χ0n) is 19.3. The molecule has 0 amide bonds. The third-order valence-corrected chi connectivity index (χ3v) is 9.51. The van der Waals surface area contributed by atoms with Crippen molar-refractivity contribution in [3.63, 3.8) is 0 Å². The van der Waals surface area contributed by atoms with E-state index in [0.29, 0.717) is 0 Å². The Labute approximate surface area is 224 Å². The fourth-order valence-corrected chi connectivity index (χ4v) is 7.69. The van der Waals surface area contributed by atoms with Gasteiger partial charge in [-0.2, -0.15) is 0 Å². The van der Waals surface area contributed by atoms with Crippen LogP contribution in [0.1, 0.15) is 0 Å². The molecule has 0 saturated heterocycles. The summed E-state index contributed by atoms with van der Waals surface area (Å²) in [5.41, 5.74) is 0. The van der Waals surface area contributed by atoms with Crippen LogP contribution in [0.25, 0.3) is 0 Å². The Kier molecular flexibility index (Phi) is 36.8. The third kappa shape index (κ3) is 18.0. The molecule has 0 aliphatic heterocycles. The van der Waals surface area contributed by atoms with Crippen molar-refractivity contribution in [2.24, 2.45) is 0 Å². The number of hydrogen-bond acceptors (Lipinski definition) is 3. The van der Waals surface area contributed by atoms with Gasteiger partial charge >= 0.3 is 173 Å². The molecule has 3 rings (SSSR count). The molecule has 0 aliphatic carbocycles. The molecule has 0 heterocycles. The van der Waals surface area contributed by atoms with E-state index in [1.54, 1.807) is 21.3 Å². The zero-order valence-corrected chi connectivity index (χ0v) is 23.4. The summed E-state index contributed by atoms with van der Waals surface area (Å²) in [5, 5.41) is 0. The summed E-state index contributed by atoms with van der Waals surface area (Å²) >= 11 is -1.39. The second kappa shape index (κ2) is 32.0. The predicted molar refractivity (Wildman–Crippen MR) is 128 cm³/mol. The maximum atomic E-state index is 7.50. The van der Waals surface area contributed by atoms with Crippen molar-refractivity contribution in [1.82, 2.24) is 0 Å². The molecule has 0 atom stereocenters. The second-order valence-electron chi connectivity index (χ2n) is 5.11. The average Bonchev–Trinajstić information content (AvgIpc) is 2.96. The fraction of sp³-hybridized carbons (Fsp3) is 0.120. The first kappa shape index (κ1) is 40.2. The van der Waals surface area contributed by atoms with Crippen LogP contribution < -0.4 is 13.1 Å². The van der Waals surface area contributed by atoms with Gasteiger partial charge in [0.05, 0.1) is 0 Å². The standard InChI is InChI=1S/C18H15As.C3H9O3P.4CO.Cr/c1-4-10-16(11-5-1)19(17-12-6-2-7-13-17)18-14-8-3-9-15-18;1-4-7(5-2)6-3;4*1-2;/h1-15H;1-3H3;;;;;. The van der Waals surface area contributed by atoms with Crippen LogP contribution in [0.5, 0.6) is 0 Å². The van der Waals surface area contributed by atoms with E-state index in [9.17, 15) is 0 Å². The molecule has 7 nitrogen and oxygen atoms in total. The fourth-order valence-electron chi connectivity index (χ4n) is 2.40. The van der Waals surface area contributed by atoms with E-state index in [4.69, 9.17) is 18.6 Å². The van der Waals surface area contributed by atoms with Gasteiger partial charge in [-0.3, -0.25) is 0 Å². The van der Waals surface area contributed by atoms with E-state index in [1.807, 2.05) is 0 Å². The molecule has 0 radical (unpaired) electrons. The Morgan fingerprint density at radius 3 is 0.829 bits per heavy atom. The van der Waals surface area contributed by atoms with Crippen molar-refractivity contribution in [3.8, 4) is 0 Å². The van der Waals surface area contributed by atoms with E-state index in [2.05, 4.69) is 131 Å². The quantitative estimate of drug-likeness (QED) is 0.189. The summed E-state index contributed by atoms with van der Waals surface area (Å²) in [7, 11) is 3.57. The van der Waals surface area contributed by atoms with Crippen molar-refractivity contribution in [1.29, 1.82) is 0 Å². The van der Waals surface area contributed by atoms with Crippen molar-refractivity contribution < 1.29 is 49.5 Å². The molecule has 0 aliphatic rings. The Morgan fingerprint density at radius 1 is 0.486 bits per heavy atom. The van der Waals surface area contributed by atoms with Gasteiger partial charge in [0.2, 0.25) is 0 Å². The molecule has 0 saturated carbocycles. The molecule has 0 aromatic heterocycles. The van der Waals surface area contributed by atoms with E-state index >= 15 is 0 Å². The van der Waals surface area contributed by atoms with Crippen molar-refractivity contribution >= 4 is 36.3 Å². The molecule has 0 unspecified atom stereocenters. The minimum absolute atomic E-state index is 0. The summed E-state index contributed by atoms with van der Waals surface area (Å²) < 4.78 is 48.4. The van der Waals surface area contributed by atoms with Gasteiger partial charge < -0.3 is 13.6 Å². The van der Waals surface area contributed by atoms with Crippen LogP contribution in [0.2, 0.25) is 0 Å². The molecule has 0 spiro atoms. The third-order valence-electron chi connectivity index (χ3n) is 3.49. The molecule has 0 fully saturated rings. The van der Waals surface area contributed by atoms with Gasteiger partial charge in [0.25, 0.3) is 0 Å². The molecule has 182 valence electrons. The summed E-state index contributed by atoms with van der Waals surface area (Å²) in [5.74, 6) is 0. The van der Waals surface area contributed by atoms with Gasteiger partial charge in [0.15, 0.2) is 0 Å². The van der Waals surface area contributed by atoms with Crippen LogP contribution in [0.4, 0.5) is 0 Å². The van der Waals surface area contributed by atoms with E-state index in [1.165, 1.54) is 13.1 Å². The van der Waals surface area contributed by atoms with Gasteiger partial charge in [-0.25, -0.2) is 0 Å². The first-order valence-electron chi connectivity index (χ1n) is 8.99. The number of benzene rings is 3. The first-order valence-corrected chi connectivity index (χ1v) is 12.9. The predicted octanol–water partition coefficient (Wildman–Crippen LogP) is 3.20. The van der Waals surface area contributed by atoms with Crippen molar-refractivity contribution in [3.05, 3.63) is 118 Å². The van der Waals surface area contributed by atoms with E-state index < -0.39 is 23.3 Å². The molecule has 10 heteroatoms. The summed E-state index contributed by atoms with van der Waals surface area (Å²) in [6.45, 7) is 18.0. The topological polar surface area (TPSA) is 107 Å². The van der Waals surface area contributed by atoms with Gasteiger partial charge in [0.1, 0.15) is 0 Å². The first-order chi connectivity index (χ1) is 16.8. The average molecular weight is 594 g/mol. The van der Waals surface area contributed by atoms with Crippen molar-refractivity contribution in [2.45, 2.75) is 0 Å². The Balaban J connectivity index is -0.000000255. The maximum absolute atomic E-state index is 7.50. The zero-order chi connectivity index (χ0) is 26.6. The summed E-state index contributed by atoms with van der Waals surface area (Å²) in [6.07, 6.45) is 0. The van der Waals surface area contributed by atoms with Gasteiger partial charge in [-0.05, 0) is 0 Å². The molecule has 3 aromatic rings. The summed E-state index contributed by atoms with van der Waals surface area (Å²) in [6, 6.07) is 32.7. The van der Waals surface area contributed by atoms with Gasteiger partial charge in [-0.1, -0.05) is 0 Å². The Bertz CT molecular complexity index is 780. The molecule has 0 N–H and O–H groups in total. The van der Waals surface area contributed by atoms with Crippen LogP contribution in [-0.4, -0.2) is 36.0 Å². The Morgan fingerprint density at radius 2 is 0.686 bits per heavy atom. The van der Waals surface area contributed by atoms with E-state index in [0.717, 1.165) is 0 Å². The second-order valence-corrected chi connectivity index (χ2v) is 11.3. The van der Waals surface area contributed by atoms with E-state index in [-0.39, 0.29) is 17.4 Å². The Hall–Kier alpha value is -1.98. The molecule has 3 aromatic carbocycles. The summed E-state index contributed by atoms with van der Waals surface area (Å²) in [4.78, 5) is 0. The SMILES string of the molecule is COP(OC)OC.[C-]#[O+].[C-]#[O+].[C-]#[O+].[C-]#[O+].[Cr].c1ccc([As](c2ccccc2)c2ccccc2)cc1. The molecular formula is C25H24AsCrO7P. The number of hydrogen-bond donors (Lipinski definition) is 0. The van der Waals surface area contributed by atoms with Crippen LogP contribution in [0, 0.1) is 26.6 Å². The van der Waals surface area contributed by atoms with Crippen molar-refractivity contribution in [2.75, 3.05) is 21.3 Å². The molecule has 35 heavy (non-hydrogen) atoms. The normalized spacial score (nSPS) is 8.03. The van der Waals surface area contributed by atoms with Gasteiger partial charge in [0, 0.05) is 38.7 Å². The molecule has 0 bridgehead atoms. The van der Waals surface area contributed by atoms with Crippen LogP contribution in [-0.2, 0) is 49.5 Å². The van der Waals surface area contributed by atoms with Crippen LogP contribution >= 0.6 is 8.60 Å².